The summed E-state index contributed by atoms with van der Waals surface area (Å²) in [4.78, 5) is 26.6. The highest BCUT2D eigenvalue weighted by Gasteiger charge is 2.37. The second-order valence-corrected chi connectivity index (χ2v) is 10.1. The molecule has 36 heavy (non-hydrogen) atoms. The van der Waals surface area contributed by atoms with Crippen molar-refractivity contribution in [2.45, 2.75) is 68.7 Å². The number of hydrogen-bond donors (Lipinski definition) is 4. The highest BCUT2D eigenvalue weighted by atomic mass is 35.5. The molecule has 1 saturated heterocycles. The molecule has 1 aliphatic carbocycles. The number of nitrogens with zero attached hydrogens (tertiary/aromatic N) is 1. The molecule has 0 aromatic heterocycles. The van der Waals surface area contributed by atoms with Crippen molar-refractivity contribution in [2.24, 2.45) is 0 Å². The Balaban J connectivity index is 1.49. The van der Waals surface area contributed by atoms with Gasteiger partial charge in [0.15, 0.2) is 6.61 Å². The van der Waals surface area contributed by atoms with Crippen molar-refractivity contribution in [2.75, 3.05) is 33.3 Å². The molecular formula is C24H34ClF3N4O4. The van der Waals surface area contributed by atoms with Gasteiger partial charge in [0.05, 0.1) is 23.2 Å². The van der Waals surface area contributed by atoms with E-state index >= 15 is 0 Å². The number of carbonyl (C=O) groups is 2. The van der Waals surface area contributed by atoms with E-state index in [1.807, 2.05) is 0 Å². The highest BCUT2D eigenvalue weighted by molar-refractivity contribution is 6.30. The van der Waals surface area contributed by atoms with Crippen LogP contribution >= 0.6 is 11.6 Å². The molecule has 1 aromatic carbocycles. The number of halogens is 4. The maximum absolute atomic E-state index is 13.6. The summed E-state index contributed by atoms with van der Waals surface area (Å²) in [5, 5.41) is 19.1. The number of alkyl halides is 2. The first-order chi connectivity index (χ1) is 17.1. The van der Waals surface area contributed by atoms with Gasteiger partial charge in [0.1, 0.15) is 11.6 Å². The Morgan fingerprint density at radius 3 is 2.67 bits per heavy atom. The molecule has 1 saturated carbocycles. The summed E-state index contributed by atoms with van der Waals surface area (Å²) in [5.41, 5.74) is -0.651. The van der Waals surface area contributed by atoms with Crippen molar-refractivity contribution in [3.8, 4) is 5.75 Å². The van der Waals surface area contributed by atoms with Gasteiger partial charge >= 0.3 is 0 Å². The maximum atomic E-state index is 13.6. The molecule has 1 heterocycles. The van der Waals surface area contributed by atoms with Crippen LogP contribution in [0.25, 0.3) is 0 Å². The van der Waals surface area contributed by atoms with E-state index in [2.05, 4.69) is 16.0 Å². The molecule has 202 valence electrons. The molecular weight excluding hydrogens is 501 g/mol. The summed E-state index contributed by atoms with van der Waals surface area (Å²) in [7, 11) is 1.55. The van der Waals surface area contributed by atoms with Gasteiger partial charge in [-0.25, -0.2) is 13.2 Å². The number of piperazine rings is 1. The number of hydrogen-bond acceptors (Lipinski definition) is 6. The molecule has 3 rings (SSSR count). The maximum Gasteiger partial charge on any atom is 0.258 e. The van der Waals surface area contributed by atoms with Gasteiger partial charge in [-0.05, 0) is 38.4 Å². The van der Waals surface area contributed by atoms with Crippen LogP contribution in [-0.4, -0.2) is 85.3 Å². The van der Waals surface area contributed by atoms with Gasteiger partial charge in [-0.1, -0.05) is 30.9 Å². The average molecular weight is 535 g/mol. The predicted molar refractivity (Wildman–Crippen MR) is 129 cm³/mol. The van der Waals surface area contributed by atoms with Gasteiger partial charge in [-0.2, -0.15) is 0 Å². The third-order valence-electron chi connectivity index (χ3n) is 6.83. The van der Waals surface area contributed by atoms with Gasteiger partial charge in [-0.3, -0.25) is 14.5 Å². The summed E-state index contributed by atoms with van der Waals surface area (Å²) < 4.78 is 45.0. The van der Waals surface area contributed by atoms with Crippen LogP contribution in [0.4, 0.5) is 13.2 Å². The van der Waals surface area contributed by atoms with Gasteiger partial charge in [0.25, 0.3) is 12.3 Å². The fourth-order valence-corrected chi connectivity index (χ4v) is 5.00. The fraction of sp³-hybridized carbons (Fsp3) is 0.667. The van der Waals surface area contributed by atoms with E-state index < -0.39 is 41.9 Å². The van der Waals surface area contributed by atoms with Crippen molar-refractivity contribution in [3.05, 3.63) is 29.0 Å². The summed E-state index contributed by atoms with van der Waals surface area (Å²) in [5.74, 6) is -1.24. The van der Waals surface area contributed by atoms with Crippen LogP contribution in [0.15, 0.2) is 18.2 Å². The van der Waals surface area contributed by atoms with E-state index in [0.717, 1.165) is 25.3 Å². The molecule has 1 aliphatic heterocycles. The number of ether oxygens (including phenoxy) is 1. The normalized spacial score (nSPS) is 23.2. The lowest BCUT2D eigenvalue weighted by Crippen LogP contribution is -2.62. The SMILES string of the molecule is CN1CC(C(=O)NC[C@H](O)CC2(NC(=O)COc3ccc(Cl)c(F)c3)CCCCC2)NCC1C(F)F. The lowest BCUT2D eigenvalue weighted by atomic mass is 9.77. The third-order valence-corrected chi connectivity index (χ3v) is 7.14. The van der Waals surface area contributed by atoms with Gasteiger partial charge < -0.3 is 25.8 Å². The molecule has 0 radical (unpaired) electrons. The zero-order valence-electron chi connectivity index (χ0n) is 20.2. The van der Waals surface area contributed by atoms with Gasteiger partial charge in [0, 0.05) is 31.2 Å². The summed E-state index contributed by atoms with van der Waals surface area (Å²) in [6.45, 7) is -0.226. The minimum atomic E-state index is -2.51. The third kappa shape index (κ3) is 7.96. The molecule has 3 atom stereocenters. The van der Waals surface area contributed by atoms with Gasteiger partial charge in [0.2, 0.25) is 5.91 Å². The lowest BCUT2D eigenvalue weighted by Gasteiger charge is -2.40. The molecule has 2 amide bonds. The molecule has 12 heteroatoms. The fourth-order valence-electron chi connectivity index (χ4n) is 4.88. The minimum Gasteiger partial charge on any atom is -0.484 e. The van der Waals surface area contributed by atoms with Crippen LogP contribution in [-0.2, 0) is 9.59 Å². The van der Waals surface area contributed by atoms with E-state index in [4.69, 9.17) is 16.3 Å². The quantitative estimate of drug-likeness (QED) is 0.367. The zero-order chi connectivity index (χ0) is 26.3. The summed E-state index contributed by atoms with van der Waals surface area (Å²) >= 11 is 5.66. The summed E-state index contributed by atoms with van der Waals surface area (Å²) in [6.07, 6.45) is 0.929. The number of aliphatic hydroxyl groups is 1. The minimum absolute atomic E-state index is 0.00528. The van der Waals surface area contributed by atoms with Crippen molar-refractivity contribution in [1.82, 2.24) is 20.9 Å². The number of benzene rings is 1. The van der Waals surface area contributed by atoms with Crippen molar-refractivity contribution < 1.29 is 32.6 Å². The first kappa shape index (κ1) is 28.5. The van der Waals surface area contributed by atoms with Crippen LogP contribution in [0.1, 0.15) is 38.5 Å². The molecule has 1 aromatic rings. The Morgan fingerprint density at radius 1 is 1.31 bits per heavy atom. The zero-order valence-corrected chi connectivity index (χ0v) is 21.0. The first-order valence-electron chi connectivity index (χ1n) is 12.1. The molecule has 2 aliphatic rings. The topological polar surface area (TPSA) is 103 Å². The van der Waals surface area contributed by atoms with Crippen LogP contribution in [0.3, 0.4) is 0 Å². The Morgan fingerprint density at radius 2 is 2.03 bits per heavy atom. The van der Waals surface area contributed by atoms with Crippen molar-refractivity contribution >= 4 is 23.4 Å². The Bertz CT molecular complexity index is 904. The van der Waals surface area contributed by atoms with Gasteiger partial charge in [-0.15, -0.1) is 0 Å². The van der Waals surface area contributed by atoms with E-state index in [9.17, 15) is 27.9 Å². The van der Waals surface area contributed by atoms with E-state index in [-0.39, 0.29) is 49.3 Å². The highest BCUT2D eigenvalue weighted by Crippen LogP contribution is 2.32. The van der Waals surface area contributed by atoms with E-state index in [1.165, 1.54) is 17.0 Å². The van der Waals surface area contributed by atoms with E-state index in [1.54, 1.807) is 7.05 Å². The largest absolute Gasteiger partial charge is 0.484 e. The Kier molecular flexibility index (Phi) is 10.2. The number of likely N-dealkylation sites (N-methyl/N-ethyl adjacent to an activating group) is 1. The van der Waals surface area contributed by atoms with Crippen LogP contribution in [0, 0.1) is 5.82 Å². The molecule has 2 fully saturated rings. The number of nitrogens with one attached hydrogen (secondary N) is 3. The molecule has 0 spiro atoms. The molecule has 8 nitrogen and oxygen atoms in total. The average Bonchev–Trinajstić information content (AvgIpc) is 2.83. The lowest BCUT2D eigenvalue weighted by molar-refractivity contribution is -0.127. The predicted octanol–water partition coefficient (Wildman–Crippen LogP) is 2.08. The van der Waals surface area contributed by atoms with Crippen LogP contribution < -0.4 is 20.7 Å². The second-order valence-electron chi connectivity index (χ2n) is 9.66. The Labute approximate surface area is 213 Å². The van der Waals surface area contributed by atoms with E-state index in [0.29, 0.717) is 12.8 Å². The summed E-state index contributed by atoms with van der Waals surface area (Å²) in [6, 6.07) is 2.31. The number of aliphatic hydroxyl groups excluding tert-OH is 1. The van der Waals surface area contributed by atoms with Crippen molar-refractivity contribution in [3.63, 3.8) is 0 Å². The number of carbonyl (C=O) groups excluding carboxylic acids is 2. The number of rotatable bonds is 10. The molecule has 0 bridgehead atoms. The standard InChI is InChI=1S/C24H34ClF3N4O4/c1-32-13-19(29-12-20(32)22(27)28)23(35)30-11-15(33)10-24(7-3-2-4-8-24)31-21(34)14-36-16-5-6-17(25)18(26)9-16/h5-6,9,15,19-20,22,29,33H,2-4,7-8,10-14H2,1H3,(H,30,35)(H,31,34)/t15-,19?,20?/m1/s1. The molecule has 2 unspecified atom stereocenters. The monoisotopic (exact) mass is 534 g/mol. The smallest absolute Gasteiger partial charge is 0.258 e. The second kappa shape index (κ2) is 12.9. The number of amides is 2. The Hall–Kier alpha value is -2.08. The molecule has 4 N–H and O–H groups in total. The van der Waals surface area contributed by atoms with Crippen LogP contribution in [0.5, 0.6) is 5.75 Å². The van der Waals surface area contributed by atoms with Crippen molar-refractivity contribution in [1.29, 1.82) is 0 Å². The first-order valence-corrected chi connectivity index (χ1v) is 12.5. The van der Waals surface area contributed by atoms with Crippen LogP contribution in [0.2, 0.25) is 5.02 Å².